The Labute approximate surface area is 109 Å². The minimum Gasteiger partial charge on any atom is -0.480 e. The number of ketones is 3. The molecule has 0 radical (unpaired) electrons. The molecule has 0 aromatic heterocycles. The first kappa shape index (κ1) is 11.6. The minimum absolute atomic E-state index is 0.256. The summed E-state index contributed by atoms with van der Waals surface area (Å²) in [5.41, 5.74) is 0.613. The highest BCUT2D eigenvalue weighted by atomic mass is 16.5. The van der Waals surface area contributed by atoms with E-state index in [0.29, 0.717) is 5.56 Å². The van der Waals surface area contributed by atoms with Crippen molar-refractivity contribution in [3.63, 3.8) is 0 Å². The minimum atomic E-state index is -1.09. The molecule has 1 heterocycles. The monoisotopic (exact) mass is 254 g/mol. The molecule has 1 aliphatic heterocycles. The van der Waals surface area contributed by atoms with Gasteiger partial charge >= 0.3 is 0 Å². The Balaban J connectivity index is 2.01. The number of carbonyl (C=O) groups excluding carboxylic acids is 3. The lowest BCUT2D eigenvalue weighted by Gasteiger charge is -2.29. The number of carbonyl (C=O) groups is 3. The summed E-state index contributed by atoms with van der Waals surface area (Å²) < 4.78 is 5.55. The molecular formula is C15H10O4. The zero-order valence-electron chi connectivity index (χ0n) is 9.91. The smallest absolute Gasteiger partial charge is 0.244 e. The number of fused-ring (bicyclic) bond motifs is 1. The number of allylic oxidation sites excluding steroid dienone is 4. The number of Topliss-reactive ketones (excluding diaryl/α,β-unsaturated/α-hetero) is 2. The zero-order valence-corrected chi connectivity index (χ0v) is 9.91. The molecule has 19 heavy (non-hydrogen) atoms. The van der Waals surface area contributed by atoms with Gasteiger partial charge in [-0.3, -0.25) is 14.4 Å². The van der Waals surface area contributed by atoms with Crippen molar-refractivity contribution in [3.05, 3.63) is 59.9 Å². The van der Waals surface area contributed by atoms with E-state index in [2.05, 4.69) is 0 Å². The Hall–Kier alpha value is -2.49. The van der Waals surface area contributed by atoms with Gasteiger partial charge in [0.15, 0.2) is 11.9 Å². The Morgan fingerprint density at radius 3 is 2.42 bits per heavy atom. The molecule has 1 aromatic rings. The average Bonchev–Trinajstić information content (AvgIpc) is 2.43. The molecule has 1 aromatic carbocycles. The lowest BCUT2D eigenvalue weighted by Crippen LogP contribution is -2.41. The van der Waals surface area contributed by atoms with Gasteiger partial charge in [0.25, 0.3) is 0 Å². The molecule has 2 aliphatic rings. The molecule has 0 spiro atoms. The third kappa shape index (κ3) is 1.81. The second-order valence-corrected chi connectivity index (χ2v) is 4.40. The predicted octanol–water partition coefficient (Wildman–Crippen LogP) is 1.54. The van der Waals surface area contributed by atoms with Crippen molar-refractivity contribution in [2.24, 2.45) is 5.92 Å². The van der Waals surface area contributed by atoms with E-state index in [9.17, 15) is 14.4 Å². The highest BCUT2D eigenvalue weighted by molar-refractivity contribution is 6.45. The van der Waals surface area contributed by atoms with Crippen LogP contribution in [0.4, 0.5) is 0 Å². The van der Waals surface area contributed by atoms with Crippen molar-refractivity contribution in [1.82, 2.24) is 0 Å². The van der Waals surface area contributed by atoms with Crippen LogP contribution in [0.15, 0.2) is 54.3 Å². The van der Waals surface area contributed by atoms with Crippen LogP contribution in [-0.2, 0) is 19.1 Å². The van der Waals surface area contributed by atoms with E-state index < -0.39 is 29.4 Å². The van der Waals surface area contributed by atoms with Crippen molar-refractivity contribution < 1.29 is 19.1 Å². The van der Waals surface area contributed by atoms with E-state index in [4.69, 9.17) is 4.74 Å². The fraction of sp³-hybridized carbons (Fsp3) is 0.133. The van der Waals surface area contributed by atoms with E-state index in [1.54, 1.807) is 30.3 Å². The van der Waals surface area contributed by atoms with E-state index >= 15 is 0 Å². The van der Waals surface area contributed by atoms with Crippen molar-refractivity contribution >= 4 is 17.3 Å². The molecule has 4 heteroatoms. The molecule has 1 saturated heterocycles. The summed E-state index contributed by atoms with van der Waals surface area (Å²) in [5, 5.41) is 0. The van der Waals surface area contributed by atoms with Gasteiger partial charge in [0, 0.05) is 5.56 Å². The van der Waals surface area contributed by atoms with Crippen LogP contribution in [-0.4, -0.2) is 17.3 Å². The molecule has 1 aliphatic carbocycles. The molecule has 4 nitrogen and oxygen atoms in total. The van der Waals surface area contributed by atoms with Crippen LogP contribution < -0.4 is 0 Å². The highest BCUT2D eigenvalue weighted by Crippen LogP contribution is 2.34. The molecule has 1 fully saturated rings. The van der Waals surface area contributed by atoms with Crippen LogP contribution in [0.2, 0.25) is 0 Å². The summed E-state index contributed by atoms with van der Waals surface area (Å²) in [4.78, 5) is 35.7. The standard InChI is InChI=1S/C15H10O4/c16-10-7-4-8-11-12(10)13(17)14(18)15(19-11)9-5-2-1-3-6-9/h1-8,12,15H. The lowest BCUT2D eigenvalue weighted by atomic mass is 9.85. The summed E-state index contributed by atoms with van der Waals surface area (Å²) in [7, 11) is 0. The summed E-state index contributed by atoms with van der Waals surface area (Å²) in [6.45, 7) is 0. The van der Waals surface area contributed by atoms with Gasteiger partial charge in [-0.2, -0.15) is 0 Å². The summed E-state index contributed by atoms with van der Waals surface area (Å²) in [6.07, 6.45) is 3.42. The largest absolute Gasteiger partial charge is 0.480 e. The normalized spacial score (nSPS) is 25.7. The van der Waals surface area contributed by atoms with Gasteiger partial charge in [0.05, 0.1) is 0 Å². The van der Waals surface area contributed by atoms with Gasteiger partial charge in [-0.05, 0) is 12.2 Å². The van der Waals surface area contributed by atoms with Crippen LogP contribution in [0, 0.1) is 5.92 Å². The van der Waals surface area contributed by atoms with Crippen LogP contribution >= 0.6 is 0 Å². The molecule has 0 saturated carbocycles. The Kier molecular flexibility index (Phi) is 2.63. The van der Waals surface area contributed by atoms with Crippen molar-refractivity contribution in [2.45, 2.75) is 6.10 Å². The number of benzene rings is 1. The predicted molar refractivity (Wildman–Crippen MR) is 66.0 cm³/mol. The van der Waals surface area contributed by atoms with Crippen molar-refractivity contribution in [2.75, 3.05) is 0 Å². The lowest BCUT2D eigenvalue weighted by molar-refractivity contribution is -0.152. The number of rotatable bonds is 1. The topological polar surface area (TPSA) is 60.4 Å². The van der Waals surface area contributed by atoms with Gasteiger partial charge in [-0.15, -0.1) is 0 Å². The SMILES string of the molecule is O=C1C=CC=C2OC(c3ccccc3)C(=O)C(=O)C12. The van der Waals surface area contributed by atoms with Crippen LogP contribution in [0.25, 0.3) is 0 Å². The van der Waals surface area contributed by atoms with Crippen molar-refractivity contribution in [1.29, 1.82) is 0 Å². The molecule has 0 amide bonds. The quantitative estimate of drug-likeness (QED) is 0.563. The van der Waals surface area contributed by atoms with Gasteiger partial charge in [-0.1, -0.05) is 36.4 Å². The van der Waals surface area contributed by atoms with Gasteiger partial charge in [-0.25, -0.2) is 0 Å². The molecular weight excluding hydrogens is 244 g/mol. The first-order valence-corrected chi connectivity index (χ1v) is 5.90. The Morgan fingerprint density at radius 2 is 1.68 bits per heavy atom. The Bertz CT molecular complexity index is 625. The van der Waals surface area contributed by atoms with E-state index in [0.717, 1.165) is 0 Å². The second kappa shape index (κ2) is 4.31. The molecule has 3 rings (SSSR count). The molecule has 94 valence electrons. The molecule has 2 atom stereocenters. The van der Waals surface area contributed by atoms with Gasteiger partial charge < -0.3 is 4.74 Å². The number of hydrogen-bond acceptors (Lipinski definition) is 4. The second-order valence-electron chi connectivity index (χ2n) is 4.40. The number of ether oxygens (including phenoxy) is 1. The number of hydrogen-bond donors (Lipinski definition) is 0. The molecule has 2 unspecified atom stereocenters. The maximum atomic E-state index is 12.0. The third-order valence-electron chi connectivity index (χ3n) is 3.19. The maximum absolute atomic E-state index is 12.0. The van der Waals surface area contributed by atoms with Crippen molar-refractivity contribution in [3.8, 4) is 0 Å². The van der Waals surface area contributed by atoms with Crippen LogP contribution in [0.3, 0.4) is 0 Å². The fourth-order valence-electron chi connectivity index (χ4n) is 2.24. The zero-order chi connectivity index (χ0) is 13.4. The summed E-state index contributed by atoms with van der Waals surface area (Å²) >= 11 is 0. The Morgan fingerprint density at radius 1 is 0.947 bits per heavy atom. The van der Waals surface area contributed by atoms with E-state index in [1.165, 1.54) is 12.2 Å². The first-order chi connectivity index (χ1) is 9.18. The van der Waals surface area contributed by atoms with Gasteiger partial charge in [0.2, 0.25) is 11.6 Å². The van der Waals surface area contributed by atoms with E-state index in [1.807, 2.05) is 6.07 Å². The average molecular weight is 254 g/mol. The fourth-order valence-corrected chi connectivity index (χ4v) is 2.24. The summed E-state index contributed by atoms with van der Waals surface area (Å²) in [5.74, 6) is -2.59. The van der Waals surface area contributed by atoms with Crippen LogP contribution in [0.5, 0.6) is 0 Å². The van der Waals surface area contributed by atoms with Crippen LogP contribution in [0.1, 0.15) is 11.7 Å². The first-order valence-electron chi connectivity index (χ1n) is 5.90. The molecule has 0 bridgehead atoms. The van der Waals surface area contributed by atoms with E-state index in [-0.39, 0.29) is 5.76 Å². The summed E-state index contributed by atoms with van der Waals surface area (Å²) in [6, 6.07) is 8.79. The third-order valence-corrected chi connectivity index (χ3v) is 3.19. The molecule has 0 N–H and O–H groups in total. The maximum Gasteiger partial charge on any atom is 0.244 e. The van der Waals surface area contributed by atoms with Gasteiger partial charge in [0.1, 0.15) is 11.7 Å². The highest BCUT2D eigenvalue weighted by Gasteiger charge is 2.45.